The highest BCUT2D eigenvalue weighted by Gasteiger charge is 2.17. The number of nitrogens with zero attached hydrogens (tertiary/aromatic N) is 1. The predicted octanol–water partition coefficient (Wildman–Crippen LogP) is 2.16. The second-order valence-corrected chi connectivity index (χ2v) is 4.26. The molecule has 0 aliphatic heterocycles. The molecule has 0 radical (unpaired) electrons. The molecular weight excluding hydrogens is 202 g/mol. The molecule has 1 atom stereocenters. The Morgan fingerprint density at radius 1 is 1.31 bits per heavy atom. The van der Waals surface area contributed by atoms with E-state index in [9.17, 15) is 4.79 Å². The highest BCUT2D eigenvalue weighted by atomic mass is 16.5. The van der Waals surface area contributed by atoms with Crippen LogP contribution < -0.4 is 4.74 Å². The number of carbonyl (C=O) groups excluding carboxylic acids is 1. The molecule has 0 saturated heterocycles. The van der Waals surface area contributed by atoms with Crippen molar-refractivity contribution in [1.82, 2.24) is 4.90 Å². The second-order valence-electron chi connectivity index (χ2n) is 4.26. The SMILES string of the molecule is Cc1ccc(C)c(O[C@@H](C)C(=O)N(C)C)c1. The smallest absolute Gasteiger partial charge is 0.262 e. The Morgan fingerprint density at radius 2 is 1.94 bits per heavy atom. The van der Waals surface area contributed by atoms with E-state index in [1.807, 2.05) is 32.0 Å². The van der Waals surface area contributed by atoms with Crippen LogP contribution in [-0.2, 0) is 4.79 Å². The Labute approximate surface area is 97.0 Å². The van der Waals surface area contributed by atoms with Gasteiger partial charge in [0, 0.05) is 14.1 Å². The summed E-state index contributed by atoms with van der Waals surface area (Å²) in [5.74, 6) is 0.753. The lowest BCUT2D eigenvalue weighted by molar-refractivity contribution is -0.135. The molecule has 1 aromatic rings. The van der Waals surface area contributed by atoms with E-state index in [-0.39, 0.29) is 5.91 Å². The van der Waals surface area contributed by atoms with Gasteiger partial charge in [0.25, 0.3) is 5.91 Å². The standard InChI is InChI=1S/C13H19NO2/c1-9-6-7-10(2)12(8-9)16-11(3)13(15)14(4)5/h6-8,11H,1-5H3/t11-/m0/s1. The first kappa shape index (κ1) is 12.6. The van der Waals surface area contributed by atoms with Crippen molar-refractivity contribution in [3.8, 4) is 5.75 Å². The molecular formula is C13H19NO2. The molecule has 0 heterocycles. The van der Waals surface area contributed by atoms with Gasteiger partial charge in [0.05, 0.1) is 0 Å². The van der Waals surface area contributed by atoms with Gasteiger partial charge in [0.1, 0.15) is 5.75 Å². The van der Waals surface area contributed by atoms with Gasteiger partial charge < -0.3 is 9.64 Å². The monoisotopic (exact) mass is 221 g/mol. The van der Waals surface area contributed by atoms with Crippen molar-refractivity contribution in [2.75, 3.05) is 14.1 Å². The van der Waals surface area contributed by atoms with Crippen LogP contribution in [0, 0.1) is 13.8 Å². The number of rotatable bonds is 3. The molecule has 0 aromatic heterocycles. The Bertz CT molecular complexity index is 386. The zero-order chi connectivity index (χ0) is 12.3. The van der Waals surface area contributed by atoms with Gasteiger partial charge in [0.2, 0.25) is 0 Å². The molecule has 16 heavy (non-hydrogen) atoms. The van der Waals surface area contributed by atoms with Crippen LogP contribution >= 0.6 is 0 Å². The Hall–Kier alpha value is -1.51. The van der Waals surface area contributed by atoms with Gasteiger partial charge >= 0.3 is 0 Å². The lowest BCUT2D eigenvalue weighted by atomic mass is 10.1. The van der Waals surface area contributed by atoms with Crippen LogP contribution in [0.2, 0.25) is 0 Å². The number of hydrogen-bond acceptors (Lipinski definition) is 2. The van der Waals surface area contributed by atoms with Gasteiger partial charge in [0.15, 0.2) is 6.10 Å². The van der Waals surface area contributed by atoms with Crippen LogP contribution in [0.15, 0.2) is 18.2 Å². The van der Waals surface area contributed by atoms with Crippen molar-refractivity contribution in [2.45, 2.75) is 26.9 Å². The van der Waals surface area contributed by atoms with Crippen molar-refractivity contribution in [1.29, 1.82) is 0 Å². The van der Waals surface area contributed by atoms with E-state index in [0.717, 1.165) is 16.9 Å². The van der Waals surface area contributed by atoms with Crippen molar-refractivity contribution in [3.05, 3.63) is 29.3 Å². The van der Waals surface area contributed by atoms with Crippen molar-refractivity contribution < 1.29 is 9.53 Å². The molecule has 0 saturated carbocycles. The summed E-state index contributed by atoms with van der Waals surface area (Å²) in [5.41, 5.74) is 2.18. The first-order valence-electron chi connectivity index (χ1n) is 5.37. The first-order chi connectivity index (χ1) is 7.41. The van der Waals surface area contributed by atoms with Crippen molar-refractivity contribution in [2.24, 2.45) is 0 Å². The Morgan fingerprint density at radius 3 is 2.50 bits per heavy atom. The van der Waals surface area contributed by atoms with Gasteiger partial charge in [-0.25, -0.2) is 0 Å². The molecule has 88 valence electrons. The summed E-state index contributed by atoms with van der Waals surface area (Å²) in [7, 11) is 3.45. The van der Waals surface area contributed by atoms with E-state index < -0.39 is 6.10 Å². The molecule has 1 rings (SSSR count). The Kier molecular flexibility index (Phi) is 3.93. The zero-order valence-corrected chi connectivity index (χ0v) is 10.6. The summed E-state index contributed by atoms with van der Waals surface area (Å²) < 4.78 is 5.66. The maximum Gasteiger partial charge on any atom is 0.262 e. The fourth-order valence-electron chi connectivity index (χ4n) is 1.44. The fraction of sp³-hybridized carbons (Fsp3) is 0.462. The van der Waals surface area contributed by atoms with E-state index >= 15 is 0 Å². The van der Waals surface area contributed by atoms with Crippen LogP contribution in [0.4, 0.5) is 0 Å². The molecule has 0 aliphatic rings. The highest BCUT2D eigenvalue weighted by molar-refractivity contribution is 5.80. The number of aryl methyl sites for hydroxylation is 2. The first-order valence-corrected chi connectivity index (χ1v) is 5.37. The molecule has 0 N–H and O–H groups in total. The predicted molar refractivity (Wildman–Crippen MR) is 64.7 cm³/mol. The molecule has 0 fully saturated rings. The van der Waals surface area contributed by atoms with E-state index in [0.29, 0.717) is 0 Å². The molecule has 0 unspecified atom stereocenters. The highest BCUT2D eigenvalue weighted by Crippen LogP contribution is 2.20. The summed E-state index contributed by atoms with van der Waals surface area (Å²) >= 11 is 0. The van der Waals surface area contributed by atoms with E-state index in [4.69, 9.17) is 4.74 Å². The summed E-state index contributed by atoms with van der Waals surface area (Å²) in [5, 5.41) is 0. The number of benzene rings is 1. The third-order valence-corrected chi connectivity index (χ3v) is 2.44. The topological polar surface area (TPSA) is 29.5 Å². The Balaban J connectivity index is 2.80. The molecule has 0 aliphatic carbocycles. The van der Waals surface area contributed by atoms with Gasteiger partial charge in [-0.05, 0) is 38.0 Å². The minimum absolute atomic E-state index is 0.0269. The van der Waals surface area contributed by atoms with E-state index in [1.54, 1.807) is 21.0 Å². The summed E-state index contributed by atoms with van der Waals surface area (Å²) in [6.45, 7) is 5.75. The van der Waals surface area contributed by atoms with Gasteiger partial charge in [-0.15, -0.1) is 0 Å². The lowest BCUT2D eigenvalue weighted by Gasteiger charge is -2.19. The number of carbonyl (C=O) groups is 1. The minimum Gasteiger partial charge on any atom is -0.481 e. The van der Waals surface area contributed by atoms with E-state index in [1.165, 1.54) is 4.90 Å². The maximum atomic E-state index is 11.6. The molecule has 0 spiro atoms. The summed E-state index contributed by atoms with van der Waals surface area (Å²) in [6.07, 6.45) is -0.449. The zero-order valence-electron chi connectivity index (χ0n) is 10.6. The van der Waals surface area contributed by atoms with Crippen LogP contribution in [0.25, 0.3) is 0 Å². The summed E-state index contributed by atoms with van der Waals surface area (Å²) in [4.78, 5) is 13.2. The molecule has 0 bridgehead atoms. The van der Waals surface area contributed by atoms with Gasteiger partial charge in [-0.3, -0.25) is 4.79 Å². The molecule has 3 heteroatoms. The quantitative estimate of drug-likeness (QED) is 0.782. The van der Waals surface area contributed by atoms with Crippen LogP contribution in [0.5, 0.6) is 5.75 Å². The number of likely N-dealkylation sites (N-methyl/N-ethyl adjacent to an activating group) is 1. The van der Waals surface area contributed by atoms with Crippen LogP contribution in [-0.4, -0.2) is 31.0 Å². The second kappa shape index (κ2) is 5.01. The van der Waals surface area contributed by atoms with Gasteiger partial charge in [-0.1, -0.05) is 12.1 Å². The van der Waals surface area contributed by atoms with Crippen LogP contribution in [0.3, 0.4) is 0 Å². The molecule has 1 amide bonds. The minimum atomic E-state index is -0.449. The normalized spacial score (nSPS) is 12.1. The maximum absolute atomic E-state index is 11.6. The molecule has 3 nitrogen and oxygen atoms in total. The average Bonchev–Trinajstić information content (AvgIpc) is 2.22. The number of ether oxygens (including phenoxy) is 1. The van der Waals surface area contributed by atoms with Gasteiger partial charge in [-0.2, -0.15) is 0 Å². The lowest BCUT2D eigenvalue weighted by Crippen LogP contribution is -2.35. The third kappa shape index (κ3) is 2.99. The molecule has 1 aromatic carbocycles. The largest absolute Gasteiger partial charge is 0.481 e. The van der Waals surface area contributed by atoms with Crippen molar-refractivity contribution >= 4 is 5.91 Å². The van der Waals surface area contributed by atoms with E-state index in [2.05, 4.69) is 0 Å². The number of amides is 1. The van der Waals surface area contributed by atoms with Crippen molar-refractivity contribution in [3.63, 3.8) is 0 Å². The van der Waals surface area contributed by atoms with Crippen LogP contribution in [0.1, 0.15) is 18.1 Å². The average molecular weight is 221 g/mol. The third-order valence-electron chi connectivity index (χ3n) is 2.44. The fourth-order valence-corrected chi connectivity index (χ4v) is 1.44. The number of hydrogen-bond donors (Lipinski definition) is 0. The summed E-state index contributed by atoms with van der Waals surface area (Å²) in [6, 6.07) is 5.98.